The number of rotatable bonds is 8. The van der Waals surface area contributed by atoms with Crippen molar-refractivity contribution in [3.8, 4) is 11.5 Å². The Kier molecular flexibility index (Phi) is 6.72. The molecule has 158 valence electrons. The van der Waals surface area contributed by atoms with E-state index in [0.29, 0.717) is 6.04 Å². The molecule has 0 heterocycles. The molecule has 3 aromatic rings. The molecule has 0 aliphatic rings. The van der Waals surface area contributed by atoms with Gasteiger partial charge in [0, 0.05) is 49.0 Å². The Morgan fingerprint density at radius 1 is 0.733 bits per heavy atom. The van der Waals surface area contributed by atoms with E-state index in [2.05, 4.69) is 77.5 Å². The largest absolute Gasteiger partial charge is 0.497 e. The van der Waals surface area contributed by atoms with Crippen LogP contribution in [0.5, 0.6) is 11.5 Å². The normalized spacial score (nSPS) is 10.6. The Hall–Kier alpha value is -3.34. The summed E-state index contributed by atoms with van der Waals surface area (Å²) in [6.07, 6.45) is 0. The first kappa shape index (κ1) is 21.4. The number of hydrogen-bond acceptors (Lipinski definition) is 5. The van der Waals surface area contributed by atoms with E-state index in [1.807, 2.05) is 32.3 Å². The summed E-state index contributed by atoms with van der Waals surface area (Å²) in [5.74, 6) is 1.51. The summed E-state index contributed by atoms with van der Waals surface area (Å²) in [6, 6.07) is 23.2. The van der Waals surface area contributed by atoms with Crippen molar-refractivity contribution in [2.75, 3.05) is 43.4 Å². The average Bonchev–Trinajstić information content (AvgIpc) is 2.75. The standard InChI is InChI=1S/C25H31N3O2/c1-18(2)26-19-7-9-21(10-8-19)28(22-13-11-20(12-14-22)27(3)4)24-16-15-23(29-5)17-25(24)30-6/h7-18,26H,1-6H3. The highest BCUT2D eigenvalue weighted by Gasteiger charge is 2.18. The quantitative estimate of drug-likeness (QED) is 0.493. The van der Waals surface area contributed by atoms with E-state index in [1.165, 1.54) is 0 Å². The molecule has 0 spiro atoms. The minimum absolute atomic E-state index is 0.382. The molecule has 30 heavy (non-hydrogen) atoms. The fourth-order valence-corrected chi connectivity index (χ4v) is 3.34. The first-order valence-electron chi connectivity index (χ1n) is 10.1. The van der Waals surface area contributed by atoms with Gasteiger partial charge in [0.2, 0.25) is 0 Å². The molecule has 5 heteroatoms. The van der Waals surface area contributed by atoms with Crippen molar-refractivity contribution in [1.82, 2.24) is 0 Å². The zero-order chi connectivity index (χ0) is 21.7. The maximum Gasteiger partial charge on any atom is 0.146 e. The van der Waals surface area contributed by atoms with Crippen molar-refractivity contribution in [2.24, 2.45) is 0 Å². The van der Waals surface area contributed by atoms with Crippen molar-refractivity contribution >= 4 is 28.4 Å². The van der Waals surface area contributed by atoms with Gasteiger partial charge in [-0.25, -0.2) is 0 Å². The van der Waals surface area contributed by atoms with Crippen LogP contribution in [0, 0.1) is 0 Å². The molecule has 0 radical (unpaired) electrons. The predicted molar refractivity (Wildman–Crippen MR) is 127 cm³/mol. The topological polar surface area (TPSA) is 37.0 Å². The molecule has 5 nitrogen and oxygen atoms in total. The molecule has 0 saturated carbocycles. The van der Waals surface area contributed by atoms with E-state index < -0.39 is 0 Å². The van der Waals surface area contributed by atoms with Crippen LogP contribution in [0.25, 0.3) is 0 Å². The number of nitrogens with one attached hydrogen (secondary N) is 1. The highest BCUT2D eigenvalue weighted by atomic mass is 16.5. The van der Waals surface area contributed by atoms with Crippen LogP contribution >= 0.6 is 0 Å². The Bertz CT molecular complexity index is 951. The van der Waals surface area contributed by atoms with Crippen LogP contribution in [-0.2, 0) is 0 Å². The van der Waals surface area contributed by atoms with Crippen LogP contribution in [0.4, 0.5) is 28.4 Å². The fraction of sp³-hybridized carbons (Fsp3) is 0.280. The van der Waals surface area contributed by atoms with Gasteiger partial charge in [-0.2, -0.15) is 0 Å². The molecule has 0 atom stereocenters. The summed E-state index contributed by atoms with van der Waals surface area (Å²) in [7, 11) is 7.42. The molecule has 0 aliphatic heterocycles. The Morgan fingerprint density at radius 2 is 1.30 bits per heavy atom. The highest BCUT2D eigenvalue weighted by molar-refractivity contribution is 5.81. The summed E-state index contributed by atoms with van der Waals surface area (Å²) in [5, 5.41) is 3.44. The van der Waals surface area contributed by atoms with E-state index in [-0.39, 0.29) is 0 Å². The molecule has 0 unspecified atom stereocenters. The van der Waals surface area contributed by atoms with Crippen LogP contribution in [0.15, 0.2) is 66.7 Å². The van der Waals surface area contributed by atoms with Crippen molar-refractivity contribution in [1.29, 1.82) is 0 Å². The zero-order valence-electron chi connectivity index (χ0n) is 18.6. The van der Waals surface area contributed by atoms with Crippen LogP contribution in [0.1, 0.15) is 13.8 Å². The molecule has 0 bridgehead atoms. The molecule has 1 N–H and O–H groups in total. The lowest BCUT2D eigenvalue weighted by Gasteiger charge is -2.28. The molecule has 0 amide bonds. The summed E-state index contributed by atoms with van der Waals surface area (Å²) in [6.45, 7) is 4.27. The number of nitrogens with zero attached hydrogens (tertiary/aromatic N) is 2. The number of hydrogen-bond donors (Lipinski definition) is 1. The Balaban J connectivity index is 2.09. The number of anilines is 5. The third-order valence-electron chi connectivity index (χ3n) is 4.83. The van der Waals surface area contributed by atoms with Crippen LogP contribution in [-0.4, -0.2) is 34.4 Å². The van der Waals surface area contributed by atoms with Crippen molar-refractivity contribution in [2.45, 2.75) is 19.9 Å². The summed E-state index contributed by atoms with van der Waals surface area (Å²) >= 11 is 0. The van der Waals surface area contributed by atoms with Crippen LogP contribution < -0.4 is 24.6 Å². The van der Waals surface area contributed by atoms with Gasteiger partial charge < -0.3 is 24.6 Å². The van der Waals surface area contributed by atoms with E-state index >= 15 is 0 Å². The molecule has 0 aliphatic carbocycles. The highest BCUT2D eigenvalue weighted by Crippen LogP contribution is 2.42. The molecule has 3 aromatic carbocycles. The monoisotopic (exact) mass is 405 g/mol. The number of ether oxygens (including phenoxy) is 2. The molecule has 0 aromatic heterocycles. The van der Waals surface area contributed by atoms with E-state index in [0.717, 1.165) is 39.9 Å². The van der Waals surface area contributed by atoms with Crippen molar-refractivity contribution in [3.05, 3.63) is 66.7 Å². The second kappa shape index (κ2) is 9.44. The van der Waals surface area contributed by atoms with Gasteiger partial charge in [0.1, 0.15) is 11.5 Å². The lowest BCUT2D eigenvalue weighted by Crippen LogP contribution is -2.13. The average molecular weight is 406 g/mol. The summed E-state index contributed by atoms with van der Waals surface area (Å²) in [5.41, 5.74) is 5.29. The van der Waals surface area contributed by atoms with Gasteiger partial charge >= 0.3 is 0 Å². The van der Waals surface area contributed by atoms with Gasteiger partial charge in [0.05, 0.1) is 19.9 Å². The third-order valence-corrected chi connectivity index (χ3v) is 4.83. The maximum atomic E-state index is 5.71. The van der Waals surface area contributed by atoms with Gasteiger partial charge in [-0.15, -0.1) is 0 Å². The molecule has 0 saturated heterocycles. The Morgan fingerprint density at radius 3 is 1.80 bits per heavy atom. The zero-order valence-corrected chi connectivity index (χ0v) is 18.6. The molecular weight excluding hydrogens is 374 g/mol. The van der Waals surface area contributed by atoms with E-state index in [1.54, 1.807) is 14.2 Å². The SMILES string of the molecule is COc1ccc(N(c2ccc(NC(C)C)cc2)c2ccc(N(C)C)cc2)c(OC)c1. The minimum atomic E-state index is 0.382. The van der Waals surface area contributed by atoms with Gasteiger partial charge in [0.25, 0.3) is 0 Å². The first-order valence-corrected chi connectivity index (χ1v) is 10.1. The lowest BCUT2D eigenvalue weighted by atomic mass is 10.1. The van der Waals surface area contributed by atoms with Gasteiger partial charge in [0.15, 0.2) is 0 Å². The summed E-state index contributed by atoms with van der Waals surface area (Å²) in [4.78, 5) is 4.28. The second-order valence-electron chi connectivity index (χ2n) is 7.63. The van der Waals surface area contributed by atoms with Gasteiger partial charge in [-0.3, -0.25) is 0 Å². The van der Waals surface area contributed by atoms with Gasteiger partial charge in [-0.1, -0.05) is 0 Å². The Labute approximate surface area is 179 Å². The number of methoxy groups -OCH3 is 2. The van der Waals surface area contributed by atoms with Crippen LogP contribution in [0.3, 0.4) is 0 Å². The molecule has 3 rings (SSSR count). The third kappa shape index (κ3) is 4.79. The second-order valence-corrected chi connectivity index (χ2v) is 7.63. The fourth-order valence-electron chi connectivity index (χ4n) is 3.34. The first-order chi connectivity index (χ1) is 14.4. The van der Waals surface area contributed by atoms with Crippen molar-refractivity contribution in [3.63, 3.8) is 0 Å². The minimum Gasteiger partial charge on any atom is -0.497 e. The molecule has 0 fully saturated rings. The van der Waals surface area contributed by atoms with Crippen molar-refractivity contribution < 1.29 is 9.47 Å². The maximum absolute atomic E-state index is 5.71. The smallest absolute Gasteiger partial charge is 0.146 e. The predicted octanol–water partition coefficient (Wildman–Crippen LogP) is 6.06. The molecular formula is C25H31N3O2. The van der Waals surface area contributed by atoms with E-state index in [9.17, 15) is 0 Å². The van der Waals surface area contributed by atoms with Gasteiger partial charge in [-0.05, 0) is 74.5 Å². The lowest BCUT2D eigenvalue weighted by molar-refractivity contribution is 0.395. The number of benzene rings is 3. The van der Waals surface area contributed by atoms with Crippen LogP contribution in [0.2, 0.25) is 0 Å². The van der Waals surface area contributed by atoms with E-state index in [4.69, 9.17) is 9.47 Å². The summed E-state index contributed by atoms with van der Waals surface area (Å²) < 4.78 is 11.1.